The zero-order valence-electron chi connectivity index (χ0n) is 12.4. The van der Waals surface area contributed by atoms with Crippen molar-refractivity contribution in [3.8, 4) is 0 Å². The summed E-state index contributed by atoms with van der Waals surface area (Å²) in [5.41, 5.74) is 6.28. The molecule has 132 valence electrons. The third kappa shape index (κ3) is 3.01. The average molecular weight is 377 g/mol. The number of nitrogens with one attached hydrogen (secondary N) is 1. The van der Waals surface area contributed by atoms with Crippen LogP contribution in [0.15, 0.2) is 6.33 Å². The van der Waals surface area contributed by atoms with E-state index < -0.39 is 41.3 Å². The van der Waals surface area contributed by atoms with E-state index in [2.05, 4.69) is 15.0 Å². The second-order valence-corrected chi connectivity index (χ2v) is 7.27. The zero-order chi connectivity index (χ0) is 17.6. The maximum atomic E-state index is 11.5. The van der Waals surface area contributed by atoms with Crippen molar-refractivity contribution >= 4 is 39.4 Å². The lowest BCUT2D eigenvalue weighted by atomic mass is 10.1. The Morgan fingerprint density at radius 1 is 1.58 bits per heavy atom. The predicted molar refractivity (Wildman–Crippen MR) is 83.8 cm³/mol. The summed E-state index contributed by atoms with van der Waals surface area (Å²) < 4.78 is 35.0. The van der Waals surface area contributed by atoms with Crippen LogP contribution in [0, 0.1) is 4.64 Å². The van der Waals surface area contributed by atoms with Crippen molar-refractivity contribution in [2.45, 2.75) is 24.5 Å². The van der Waals surface area contributed by atoms with Crippen LogP contribution in [0.3, 0.4) is 0 Å². The van der Waals surface area contributed by atoms with Gasteiger partial charge in [-0.3, -0.25) is 8.75 Å². The van der Waals surface area contributed by atoms with Gasteiger partial charge in [-0.15, -0.1) is 0 Å². The number of nitrogens with zero attached hydrogens (tertiary/aromatic N) is 3. The summed E-state index contributed by atoms with van der Waals surface area (Å²) in [4.78, 5) is 10.7. The highest BCUT2D eigenvalue weighted by atomic mass is 32.2. The van der Waals surface area contributed by atoms with Gasteiger partial charge in [-0.05, 0) is 0 Å². The molecule has 0 aliphatic carbocycles. The maximum absolute atomic E-state index is 11.5. The Morgan fingerprint density at radius 2 is 2.29 bits per heavy atom. The molecular weight excluding hydrogens is 362 g/mol. The van der Waals surface area contributed by atoms with E-state index in [1.165, 1.54) is 10.9 Å². The minimum atomic E-state index is -3.89. The fourth-order valence-corrected chi connectivity index (χ4v) is 3.40. The Labute approximate surface area is 141 Å². The van der Waals surface area contributed by atoms with E-state index >= 15 is 0 Å². The van der Waals surface area contributed by atoms with E-state index in [0.717, 1.165) is 6.26 Å². The van der Waals surface area contributed by atoms with Crippen molar-refractivity contribution in [3.05, 3.63) is 11.0 Å². The number of nitrogens with two attached hydrogens (primary N) is 1. The first-order valence-corrected chi connectivity index (χ1v) is 8.98. The van der Waals surface area contributed by atoms with Gasteiger partial charge in [0, 0.05) is 0 Å². The number of aromatic nitrogens is 4. The van der Waals surface area contributed by atoms with Crippen LogP contribution in [0.25, 0.3) is 11.2 Å². The standard InChI is InChI=1S/C11H15N5O6S2/c1-24(19,20)22-7-6(18)4(2-17)21-10(7)16-3-13-5-8(16)14-11(12)15-9(5)23/h3-4,6-7,10,17-18H,2H2,1H3,(H3,12,14,15,23). The Balaban J connectivity index is 2.10. The maximum Gasteiger partial charge on any atom is 0.264 e. The molecule has 2 aromatic heterocycles. The second-order valence-electron chi connectivity index (χ2n) is 5.28. The van der Waals surface area contributed by atoms with Gasteiger partial charge < -0.3 is 25.7 Å². The molecule has 1 fully saturated rings. The molecule has 2 aromatic rings. The Bertz CT molecular complexity index is 925. The smallest absolute Gasteiger partial charge is 0.264 e. The Morgan fingerprint density at radius 3 is 2.92 bits per heavy atom. The molecular formula is C11H15N5O6S2. The molecule has 13 heteroatoms. The van der Waals surface area contributed by atoms with Crippen molar-refractivity contribution in [1.29, 1.82) is 0 Å². The minimum Gasteiger partial charge on any atom is -0.394 e. The summed E-state index contributed by atoms with van der Waals surface area (Å²) in [7, 11) is -3.89. The van der Waals surface area contributed by atoms with E-state index in [1.807, 2.05) is 0 Å². The predicted octanol–water partition coefficient (Wildman–Crippen LogP) is -1.33. The first-order chi connectivity index (χ1) is 11.2. The average Bonchev–Trinajstić information content (AvgIpc) is 3.00. The molecule has 11 nitrogen and oxygen atoms in total. The first-order valence-electron chi connectivity index (χ1n) is 6.76. The van der Waals surface area contributed by atoms with Gasteiger partial charge in [0.05, 0.1) is 19.2 Å². The molecule has 0 radical (unpaired) electrons. The number of imidazole rings is 1. The lowest BCUT2D eigenvalue weighted by molar-refractivity contribution is -0.0483. The second kappa shape index (κ2) is 6.02. The molecule has 0 spiro atoms. The lowest BCUT2D eigenvalue weighted by Gasteiger charge is -2.20. The summed E-state index contributed by atoms with van der Waals surface area (Å²) in [6.07, 6.45) is -2.58. The number of H-pyrrole nitrogens is 1. The molecule has 0 amide bonds. The van der Waals surface area contributed by atoms with E-state index in [9.17, 15) is 18.6 Å². The molecule has 1 aliphatic heterocycles. The number of ether oxygens (including phenoxy) is 1. The van der Waals surface area contributed by atoms with Gasteiger partial charge in [0.15, 0.2) is 22.9 Å². The van der Waals surface area contributed by atoms with Crippen LogP contribution in [-0.4, -0.2) is 69.3 Å². The van der Waals surface area contributed by atoms with Gasteiger partial charge >= 0.3 is 0 Å². The molecule has 4 unspecified atom stereocenters. The van der Waals surface area contributed by atoms with Crippen molar-refractivity contribution in [2.75, 3.05) is 18.6 Å². The molecule has 1 aliphatic rings. The third-order valence-electron chi connectivity index (χ3n) is 3.52. The van der Waals surface area contributed by atoms with Crippen LogP contribution >= 0.6 is 12.2 Å². The topological polar surface area (TPSA) is 166 Å². The molecule has 5 N–H and O–H groups in total. The quantitative estimate of drug-likeness (QED) is 0.370. The number of hydrogen-bond acceptors (Lipinski definition) is 10. The number of anilines is 1. The summed E-state index contributed by atoms with van der Waals surface area (Å²) in [6, 6.07) is 0. The fraction of sp³-hybridized carbons (Fsp3) is 0.545. The molecule has 0 bridgehead atoms. The molecule has 0 aromatic carbocycles. The monoisotopic (exact) mass is 377 g/mol. The molecule has 0 saturated carbocycles. The van der Waals surface area contributed by atoms with Crippen LogP contribution in [0.5, 0.6) is 0 Å². The Hall–Kier alpha value is -1.64. The summed E-state index contributed by atoms with van der Waals surface area (Å²) in [5.74, 6) is 0.0343. The normalized spacial score (nSPS) is 27.8. The first kappa shape index (κ1) is 17.2. The molecule has 1 saturated heterocycles. The largest absolute Gasteiger partial charge is 0.394 e. The molecule has 3 rings (SSSR count). The van der Waals surface area contributed by atoms with Crippen molar-refractivity contribution < 1.29 is 27.6 Å². The lowest BCUT2D eigenvalue weighted by Crippen LogP contribution is -2.36. The number of hydrogen-bond donors (Lipinski definition) is 4. The van der Waals surface area contributed by atoms with Gasteiger partial charge in [-0.2, -0.15) is 8.42 Å². The van der Waals surface area contributed by atoms with Gasteiger partial charge in [-0.1, -0.05) is 12.2 Å². The number of aliphatic hydroxyl groups is 2. The van der Waals surface area contributed by atoms with Gasteiger partial charge in [-0.25, -0.2) is 9.97 Å². The highest BCUT2D eigenvalue weighted by Crippen LogP contribution is 2.34. The zero-order valence-corrected chi connectivity index (χ0v) is 14.0. The summed E-state index contributed by atoms with van der Waals surface area (Å²) >= 11 is 5.07. The van der Waals surface area contributed by atoms with Gasteiger partial charge in [0.2, 0.25) is 0 Å². The van der Waals surface area contributed by atoms with E-state index in [-0.39, 0.29) is 10.6 Å². The number of rotatable bonds is 4. The van der Waals surface area contributed by atoms with Crippen molar-refractivity contribution in [2.24, 2.45) is 0 Å². The van der Waals surface area contributed by atoms with E-state index in [4.69, 9.17) is 26.9 Å². The number of fused-ring (bicyclic) bond motifs is 1. The summed E-state index contributed by atoms with van der Waals surface area (Å²) in [5, 5.41) is 19.5. The van der Waals surface area contributed by atoms with Crippen molar-refractivity contribution in [1.82, 2.24) is 19.5 Å². The number of aliphatic hydroxyl groups excluding tert-OH is 2. The van der Waals surface area contributed by atoms with Crippen LogP contribution in [0.4, 0.5) is 5.95 Å². The van der Waals surface area contributed by atoms with Crippen molar-refractivity contribution in [3.63, 3.8) is 0 Å². The van der Waals surface area contributed by atoms with Crippen LogP contribution < -0.4 is 5.73 Å². The van der Waals surface area contributed by atoms with E-state index in [1.54, 1.807) is 0 Å². The molecule has 3 heterocycles. The highest BCUT2D eigenvalue weighted by molar-refractivity contribution is 7.86. The number of nitrogen functional groups attached to an aromatic ring is 1. The SMILES string of the molecule is CS(=O)(=O)OC1C(O)C(CO)OC1n1cnc2c(=S)nc(N)[nH]c21. The van der Waals surface area contributed by atoms with Crippen LogP contribution in [-0.2, 0) is 19.0 Å². The fourth-order valence-electron chi connectivity index (χ4n) is 2.54. The third-order valence-corrected chi connectivity index (χ3v) is 4.37. The molecule has 24 heavy (non-hydrogen) atoms. The van der Waals surface area contributed by atoms with Gasteiger partial charge in [0.25, 0.3) is 10.1 Å². The summed E-state index contributed by atoms with van der Waals surface area (Å²) in [6.45, 7) is -0.520. The van der Waals surface area contributed by atoms with Crippen LogP contribution in [0.1, 0.15) is 6.23 Å². The van der Waals surface area contributed by atoms with E-state index in [0.29, 0.717) is 11.2 Å². The highest BCUT2D eigenvalue weighted by Gasteiger charge is 2.47. The Kier molecular flexibility index (Phi) is 4.31. The molecule has 4 atom stereocenters. The number of aromatic amines is 1. The van der Waals surface area contributed by atoms with Crippen LogP contribution in [0.2, 0.25) is 0 Å². The minimum absolute atomic E-state index is 0.0343. The van der Waals surface area contributed by atoms with Gasteiger partial charge in [0.1, 0.15) is 23.4 Å².